The number of hydrogen-bond donors (Lipinski definition) is 0. The molecule has 1 aliphatic rings. The molecule has 1 nitrogen and oxygen atoms in total. The fourth-order valence-corrected chi connectivity index (χ4v) is 2.28. The van der Waals surface area contributed by atoms with Gasteiger partial charge >= 0.3 is 0 Å². The van der Waals surface area contributed by atoms with Gasteiger partial charge in [0.1, 0.15) is 5.75 Å². The summed E-state index contributed by atoms with van der Waals surface area (Å²) in [7, 11) is 1.77. The van der Waals surface area contributed by atoms with Gasteiger partial charge in [-0.2, -0.15) is 0 Å². The predicted octanol–water partition coefficient (Wildman–Crippen LogP) is 3.05. The first-order valence-corrected chi connectivity index (χ1v) is 4.90. The Morgan fingerprint density at radius 3 is 2.85 bits per heavy atom. The molecular formula is C12H16O. The van der Waals surface area contributed by atoms with Crippen LogP contribution in [0.4, 0.5) is 0 Å². The van der Waals surface area contributed by atoms with Crippen molar-refractivity contribution in [1.29, 1.82) is 0 Å². The quantitative estimate of drug-likeness (QED) is 0.639. The van der Waals surface area contributed by atoms with Gasteiger partial charge in [0.05, 0.1) is 7.11 Å². The summed E-state index contributed by atoms with van der Waals surface area (Å²) in [5.41, 5.74) is 4.19. The van der Waals surface area contributed by atoms with Crippen LogP contribution in [0.5, 0.6) is 5.75 Å². The molecule has 1 aromatic rings. The van der Waals surface area contributed by atoms with E-state index in [1.807, 2.05) is 0 Å². The zero-order valence-corrected chi connectivity index (χ0v) is 8.55. The van der Waals surface area contributed by atoms with Crippen molar-refractivity contribution >= 4 is 0 Å². The van der Waals surface area contributed by atoms with E-state index in [4.69, 9.17) is 4.74 Å². The van der Waals surface area contributed by atoms with Crippen molar-refractivity contribution < 1.29 is 4.74 Å². The monoisotopic (exact) mass is 176 g/mol. The molecule has 1 aliphatic carbocycles. The molecule has 0 amide bonds. The van der Waals surface area contributed by atoms with Gasteiger partial charge in [0, 0.05) is 0 Å². The number of rotatable bonds is 1. The van der Waals surface area contributed by atoms with Gasteiger partial charge in [-0.25, -0.2) is 0 Å². The van der Waals surface area contributed by atoms with Crippen LogP contribution in [-0.2, 0) is 6.42 Å². The molecule has 1 unspecified atom stereocenters. The van der Waals surface area contributed by atoms with Crippen LogP contribution in [0.15, 0.2) is 12.1 Å². The lowest BCUT2D eigenvalue weighted by Crippen LogP contribution is -1.94. The third-order valence-electron chi connectivity index (χ3n) is 3.06. The minimum atomic E-state index is 0.712. The second-order valence-corrected chi connectivity index (χ2v) is 3.92. The van der Waals surface area contributed by atoms with Crippen molar-refractivity contribution in [1.82, 2.24) is 0 Å². The summed E-state index contributed by atoms with van der Waals surface area (Å²) >= 11 is 0. The highest BCUT2D eigenvalue weighted by molar-refractivity contribution is 5.49. The van der Waals surface area contributed by atoms with Crippen molar-refractivity contribution in [3.8, 4) is 5.75 Å². The normalized spacial score (nSPS) is 20.1. The van der Waals surface area contributed by atoms with Crippen molar-refractivity contribution in [3.05, 3.63) is 28.8 Å². The molecule has 0 aromatic heterocycles. The maximum Gasteiger partial charge on any atom is 0.125 e. The molecule has 0 radical (unpaired) electrons. The second-order valence-electron chi connectivity index (χ2n) is 3.92. The third kappa shape index (κ3) is 1.23. The summed E-state index contributed by atoms with van der Waals surface area (Å²) in [4.78, 5) is 0. The molecule has 2 rings (SSSR count). The van der Waals surface area contributed by atoms with E-state index in [0.717, 1.165) is 5.75 Å². The first kappa shape index (κ1) is 8.61. The molecule has 0 fully saturated rings. The minimum absolute atomic E-state index is 0.712. The van der Waals surface area contributed by atoms with Crippen LogP contribution in [-0.4, -0.2) is 7.11 Å². The summed E-state index contributed by atoms with van der Waals surface area (Å²) in [5, 5.41) is 0. The first-order chi connectivity index (χ1) is 6.24. The Kier molecular flexibility index (Phi) is 2.03. The van der Waals surface area contributed by atoms with E-state index in [-0.39, 0.29) is 0 Å². The Hall–Kier alpha value is -0.980. The van der Waals surface area contributed by atoms with Crippen molar-refractivity contribution in [3.63, 3.8) is 0 Å². The number of methoxy groups -OCH3 is 1. The summed E-state index contributed by atoms with van der Waals surface area (Å²) in [6.45, 7) is 4.41. The summed E-state index contributed by atoms with van der Waals surface area (Å²) in [5.74, 6) is 1.83. The molecular weight excluding hydrogens is 160 g/mol. The van der Waals surface area contributed by atoms with Crippen LogP contribution in [0.1, 0.15) is 36.0 Å². The average molecular weight is 176 g/mol. The largest absolute Gasteiger partial charge is 0.496 e. The van der Waals surface area contributed by atoms with E-state index in [1.54, 1.807) is 7.11 Å². The molecule has 1 aromatic carbocycles. The topological polar surface area (TPSA) is 9.23 Å². The van der Waals surface area contributed by atoms with Gasteiger partial charge in [-0.15, -0.1) is 0 Å². The number of fused-ring (bicyclic) bond motifs is 1. The average Bonchev–Trinajstić information content (AvgIpc) is 2.48. The lowest BCUT2D eigenvalue weighted by molar-refractivity contribution is 0.407. The molecule has 1 atom stereocenters. The summed E-state index contributed by atoms with van der Waals surface area (Å²) in [6, 6.07) is 4.42. The van der Waals surface area contributed by atoms with E-state index < -0.39 is 0 Å². The number of benzene rings is 1. The van der Waals surface area contributed by atoms with Crippen LogP contribution >= 0.6 is 0 Å². The maximum atomic E-state index is 5.44. The van der Waals surface area contributed by atoms with Gasteiger partial charge < -0.3 is 4.74 Å². The van der Waals surface area contributed by atoms with E-state index >= 15 is 0 Å². The maximum absolute atomic E-state index is 5.44. The zero-order valence-electron chi connectivity index (χ0n) is 8.55. The molecule has 0 heterocycles. The van der Waals surface area contributed by atoms with E-state index in [1.165, 1.54) is 29.5 Å². The van der Waals surface area contributed by atoms with E-state index in [9.17, 15) is 0 Å². The Balaban J connectivity index is 2.57. The lowest BCUT2D eigenvalue weighted by atomic mass is 10.0. The van der Waals surface area contributed by atoms with Gasteiger partial charge in [0.2, 0.25) is 0 Å². The van der Waals surface area contributed by atoms with Crippen LogP contribution in [0.2, 0.25) is 0 Å². The van der Waals surface area contributed by atoms with Gasteiger partial charge in [0.15, 0.2) is 0 Å². The molecule has 0 N–H and O–H groups in total. The fraction of sp³-hybridized carbons (Fsp3) is 0.500. The Bertz CT molecular complexity index is 328. The lowest BCUT2D eigenvalue weighted by Gasteiger charge is -2.11. The Morgan fingerprint density at radius 2 is 2.15 bits per heavy atom. The van der Waals surface area contributed by atoms with E-state index in [0.29, 0.717) is 5.92 Å². The van der Waals surface area contributed by atoms with E-state index in [2.05, 4.69) is 26.0 Å². The standard InChI is InChI=1S/C12H16O/c1-8-4-7-11-10(8)6-5-9(2)12(11)13-3/h5-6,8H,4,7H2,1-3H3. The smallest absolute Gasteiger partial charge is 0.125 e. The Labute approximate surface area is 79.7 Å². The SMILES string of the molecule is COc1c(C)ccc2c1CCC2C. The van der Waals surface area contributed by atoms with Crippen molar-refractivity contribution in [2.45, 2.75) is 32.6 Å². The van der Waals surface area contributed by atoms with Gasteiger partial charge in [0.25, 0.3) is 0 Å². The van der Waals surface area contributed by atoms with Gasteiger partial charge in [-0.3, -0.25) is 0 Å². The number of hydrogen-bond acceptors (Lipinski definition) is 1. The molecule has 70 valence electrons. The van der Waals surface area contributed by atoms with Gasteiger partial charge in [-0.1, -0.05) is 19.1 Å². The van der Waals surface area contributed by atoms with Crippen LogP contribution in [0, 0.1) is 6.92 Å². The molecule has 0 spiro atoms. The predicted molar refractivity (Wildman–Crippen MR) is 54.5 cm³/mol. The van der Waals surface area contributed by atoms with Crippen molar-refractivity contribution in [2.24, 2.45) is 0 Å². The molecule has 0 bridgehead atoms. The first-order valence-electron chi connectivity index (χ1n) is 4.90. The molecule has 0 aliphatic heterocycles. The molecule has 13 heavy (non-hydrogen) atoms. The molecule has 1 heteroatoms. The van der Waals surface area contributed by atoms with Gasteiger partial charge in [-0.05, 0) is 42.4 Å². The van der Waals surface area contributed by atoms with Crippen LogP contribution < -0.4 is 4.74 Å². The third-order valence-corrected chi connectivity index (χ3v) is 3.06. The molecule has 0 saturated heterocycles. The van der Waals surface area contributed by atoms with Crippen molar-refractivity contribution in [2.75, 3.05) is 7.11 Å². The fourth-order valence-electron chi connectivity index (χ4n) is 2.28. The number of aryl methyl sites for hydroxylation is 1. The highest BCUT2D eigenvalue weighted by atomic mass is 16.5. The second kappa shape index (κ2) is 3.06. The summed E-state index contributed by atoms with van der Waals surface area (Å²) < 4.78 is 5.44. The Morgan fingerprint density at radius 1 is 1.38 bits per heavy atom. The zero-order chi connectivity index (χ0) is 9.42. The molecule has 0 saturated carbocycles. The minimum Gasteiger partial charge on any atom is -0.496 e. The van der Waals surface area contributed by atoms with Crippen LogP contribution in [0.3, 0.4) is 0 Å². The summed E-state index contributed by atoms with van der Waals surface area (Å²) in [6.07, 6.45) is 2.45. The van der Waals surface area contributed by atoms with Crippen LogP contribution in [0.25, 0.3) is 0 Å². The number of ether oxygens (including phenoxy) is 1. The highest BCUT2D eigenvalue weighted by Crippen LogP contribution is 2.39. The highest BCUT2D eigenvalue weighted by Gasteiger charge is 2.22.